The van der Waals surface area contributed by atoms with Crippen molar-refractivity contribution in [3.8, 4) is 0 Å². The van der Waals surface area contributed by atoms with Crippen LogP contribution in [0.5, 0.6) is 0 Å². The predicted molar refractivity (Wildman–Crippen MR) is 60.3 cm³/mol. The van der Waals surface area contributed by atoms with Gasteiger partial charge in [-0.25, -0.2) is 0 Å². The third-order valence-corrected chi connectivity index (χ3v) is 3.57. The van der Waals surface area contributed by atoms with Crippen LogP contribution in [-0.2, 0) is 4.79 Å². The zero-order chi connectivity index (χ0) is 10.4. The zero-order valence-corrected chi connectivity index (χ0v) is 9.72. The Hall–Kier alpha value is -0.330. The van der Waals surface area contributed by atoms with E-state index in [1.807, 2.05) is 0 Å². The van der Waals surface area contributed by atoms with E-state index in [0.29, 0.717) is 17.6 Å². The van der Waals surface area contributed by atoms with E-state index in [4.69, 9.17) is 0 Å². The van der Waals surface area contributed by atoms with E-state index >= 15 is 0 Å². The molecule has 1 fully saturated rings. The average Bonchev–Trinajstić information content (AvgIpc) is 2.48. The van der Waals surface area contributed by atoms with Gasteiger partial charge in [0.05, 0.1) is 0 Å². The van der Waals surface area contributed by atoms with Crippen LogP contribution in [0.25, 0.3) is 0 Å². The molecule has 0 heterocycles. The predicted octanol–water partition coefficient (Wildman–Crippen LogP) is 3.96. The molecule has 82 valence electrons. The molecule has 0 N–H and O–H groups in total. The van der Waals surface area contributed by atoms with Gasteiger partial charge in [0, 0.05) is 12.3 Å². The maximum absolute atomic E-state index is 11.5. The number of carbonyl (C=O) groups is 1. The van der Waals surface area contributed by atoms with Crippen molar-refractivity contribution in [2.45, 2.75) is 65.2 Å². The second-order valence-electron chi connectivity index (χ2n) is 4.79. The highest BCUT2D eigenvalue weighted by Crippen LogP contribution is 2.32. The van der Waals surface area contributed by atoms with Crippen molar-refractivity contribution in [1.29, 1.82) is 0 Å². The molecule has 14 heavy (non-hydrogen) atoms. The van der Waals surface area contributed by atoms with Gasteiger partial charge in [0.1, 0.15) is 5.78 Å². The molecular formula is C13H24O. The second kappa shape index (κ2) is 6.21. The molecule has 2 atom stereocenters. The Labute approximate surface area is 88.3 Å². The van der Waals surface area contributed by atoms with Crippen LogP contribution < -0.4 is 0 Å². The Kier molecular flexibility index (Phi) is 5.21. The summed E-state index contributed by atoms with van der Waals surface area (Å²) in [6.07, 6.45) is 9.74. The first kappa shape index (κ1) is 11.7. The highest BCUT2D eigenvalue weighted by atomic mass is 16.1. The Morgan fingerprint density at radius 1 is 1.21 bits per heavy atom. The molecule has 0 radical (unpaired) electrons. The number of rotatable bonds is 6. The molecule has 1 nitrogen and oxygen atoms in total. The summed E-state index contributed by atoms with van der Waals surface area (Å²) in [5, 5.41) is 0. The fraction of sp³-hybridized carbons (Fsp3) is 0.923. The average molecular weight is 196 g/mol. The maximum Gasteiger partial charge on any atom is 0.136 e. The third kappa shape index (κ3) is 3.43. The number of hydrogen-bond acceptors (Lipinski definition) is 1. The number of carbonyl (C=O) groups excluding carboxylic acids is 1. The molecule has 0 saturated heterocycles. The van der Waals surface area contributed by atoms with Crippen LogP contribution in [-0.4, -0.2) is 5.78 Å². The van der Waals surface area contributed by atoms with Crippen LogP contribution in [0, 0.1) is 11.8 Å². The lowest BCUT2D eigenvalue weighted by molar-refractivity contribution is -0.121. The van der Waals surface area contributed by atoms with Gasteiger partial charge < -0.3 is 0 Å². The quantitative estimate of drug-likeness (QED) is 0.588. The number of unbranched alkanes of at least 4 members (excludes halogenated alkanes) is 4. The van der Waals surface area contributed by atoms with Crippen LogP contribution in [0.1, 0.15) is 65.2 Å². The molecule has 1 saturated carbocycles. The summed E-state index contributed by atoms with van der Waals surface area (Å²) < 4.78 is 0. The second-order valence-corrected chi connectivity index (χ2v) is 4.79. The third-order valence-electron chi connectivity index (χ3n) is 3.57. The number of ketones is 1. The molecule has 2 unspecified atom stereocenters. The summed E-state index contributed by atoms with van der Waals surface area (Å²) in [5.41, 5.74) is 0. The largest absolute Gasteiger partial charge is 0.299 e. The normalized spacial score (nSPS) is 27.1. The summed E-state index contributed by atoms with van der Waals surface area (Å²) >= 11 is 0. The molecule has 0 amide bonds. The first-order valence-electron chi connectivity index (χ1n) is 6.28. The minimum Gasteiger partial charge on any atom is -0.299 e. The lowest BCUT2D eigenvalue weighted by Gasteiger charge is -2.13. The van der Waals surface area contributed by atoms with Crippen molar-refractivity contribution in [2.75, 3.05) is 0 Å². The van der Waals surface area contributed by atoms with Crippen LogP contribution in [0.15, 0.2) is 0 Å². The van der Waals surface area contributed by atoms with Gasteiger partial charge in [0.2, 0.25) is 0 Å². The number of hydrogen-bond donors (Lipinski definition) is 0. The molecule has 1 aliphatic carbocycles. The first-order valence-corrected chi connectivity index (χ1v) is 6.28. The van der Waals surface area contributed by atoms with Crippen LogP contribution >= 0.6 is 0 Å². The van der Waals surface area contributed by atoms with E-state index in [-0.39, 0.29) is 0 Å². The summed E-state index contributed by atoms with van der Waals surface area (Å²) in [4.78, 5) is 11.5. The summed E-state index contributed by atoms with van der Waals surface area (Å²) in [6.45, 7) is 4.48. The highest BCUT2D eigenvalue weighted by Gasteiger charge is 2.30. The van der Waals surface area contributed by atoms with Crippen LogP contribution in [0.4, 0.5) is 0 Å². The molecule has 0 aromatic rings. The van der Waals surface area contributed by atoms with Gasteiger partial charge >= 0.3 is 0 Å². The maximum atomic E-state index is 11.5. The van der Waals surface area contributed by atoms with Gasteiger partial charge in [-0.15, -0.1) is 0 Å². The van der Waals surface area contributed by atoms with Crippen LogP contribution in [0.3, 0.4) is 0 Å². The molecule has 0 spiro atoms. The molecular weight excluding hydrogens is 172 g/mol. The van der Waals surface area contributed by atoms with Crippen LogP contribution in [0.2, 0.25) is 0 Å². The van der Waals surface area contributed by atoms with Crippen molar-refractivity contribution >= 4 is 5.78 Å². The summed E-state index contributed by atoms with van der Waals surface area (Å²) in [7, 11) is 0. The molecule has 0 aromatic carbocycles. The van der Waals surface area contributed by atoms with E-state index in [9.17, 15) is 4.79 Å². The highest BCUT2D eigenvalue weighted by molar-refractivity contribution is 5.83. The van der Waals surface area contributed by atoms with E-state index < -0.39 is 0 Å². The summed E-state index contributed by atoms with van der Waals surface area (Å²) in [5.74, 6) is 1.61. The van der Waals surface area contributed by atoms with Gasteiger partial charge in [-0.1, -0.05) is 46.0 Å². The number of Topliss-reactive ketones (excluding diaryl/α,β-unsaturated/α-hetero) is 1. The SMILES string of the molecule is CCCCCCCC1C(=O)CCC1C. The summed E-state index contributed by atoms with van der Waals surface area (Å²) in [6, 6.07) is 0. The minimum absolute atomic E-state index is 0.414. The van der Waals surface area contributed by atoms with E-state index in [1.165, 1.54) is 32.1 Å². The fourth-order valence-electron chi connectivity index (χ4n) is 2.49. The van der Waals surface area contributed by atoms with E-state index in [1.54, 1.807) is 0 Å². The topological polar surface area (TPSA) is 17.1 Å². The Morgan fingerprint density at radius 3 is 2.50 bits per heavy atom. The Bertz CT molecular complexity index is 174. The minimum atomic E-state index is 0.414. The Balaban J connectivity index is 2.08. The van der Waals surface area contributed by atoms with Gasteiger partial charge in [0.25, 0.3) is 0 Å². The van der Waals surface area contributed by atoms with Crippen molar-refractivity contribution in [2.24, 2.45) is 11.8 Å². The molecule has 1 rings (SSSR count). The van der Waals surface area contributed by atoms with Crippen molar-refractivity contribution in [3.05, 3.63) is 0 Å². The zero-order valence-electron chi connectivity index (χ0n) is 9.72. The smallest absolute Gasteiger partial charge is 0.136 e. The standard InChI is InChI=1S/C13H24O/c1-3-4-5-6-7-8-12-11(2)9-10-13(12)14/h11-12H,3-10H2,1-2H3. The lowest BCUT2D eigenvalue weighted by Crippen LogP contribution is -2.12. The van der Waals surface area contributed by atoms with Crippen molar-refractivity contribution < 1.29 is 4.79 Å². The van der Waals surface area contributed by atoms with Gasteiger partial charge in [-0.05, 0) is 18.8 Å². The van der Waals surface area contributed by atoms with Crippen molar-refractivity contribution in [3.63, 3.8) is 0 Å². The molecule has 1 heteroatoms. The Morgan fingerprint density at radius 2 is 1.93 bits per heavy atom. The van der Waals surface area contributed by atoms with Crippen molar-refractivity contribution in [1.82, 2.24) is 0 Å². The lowest BCUT2D eigenvalue weighted by atomic mass is 9.91. The van der Waals surface area contributed by atoms with Gasteiger partial charge in [0.15, 0.2) is 0 Å². The van der Waals surface area contributed by atoms with E-state index in [2.05, 4.69) is 13.8 Å². The van der Waals surface area contributed by atoms with Gasteiger partial charge in [-0.2, -0.15) is 0 Å². The first-order chi connectivity index (χ1) is 6.75. The molecule has 0 bridgehead atoms. The molecule has 0 aliphatic heterocycles. The molecule has 1 aliphatic rings. The monoisotopic (exact) mass is 196 g/mol. The van der Waals surface area contributed by atoms with Gasteiger partial charge in [-0.3, -0.25) is 4.79 Å². The van der Waals surface area contributed by atoms with E-state index in [0.717, 1.165) is 19.3 Å². The molecule has 0 aromatic heterocycles. The fourth-order valence-corrected chi connectivity index (χ4v) is 2.49.